The smallest absolute Gasteiger partial charge is 0.305 e. The van der Waals surface area contributed by atoms with Gasteiger partial charge in [-0.3, -0.25) is 14.4 Å². The Labute approximate surface area is 236 Å². The minimum absolute atomic E-state index is 0.0278. The molecule has 0 bridgehead atoms. The molecule has 0 aromatic heterocycles. The largest absolute Gasteiger partial charge is 0.490 e. The summed E-state index contributed by atoms with van der Waals surface area (Å²) in [6.45, 7) is 2.97. The van der Waals surface area contributed by atoms with Crippen LogP contribution in [0.15, 0.2) is 69.5 Å². The zero-order valence-electron chi connectivity index (χ0n) is 22.0. The van der Waals surface area contributed by atoms with Gasteiger partial charge in [0.05, 0.1) is 13.0 Å². The number of ether oxygens (including phenoxy) is 2. The molecule has 2 aliphatic carbocycles. The highest BCUT2D eigenvalue weighted by Gasteiger charge is 2.43. The molecule has 2 aromatic carbocycles. The fourth-order valence-electron chi connectivity index (χ4n) is 5.86. The van der Waals surface area contributed by atoms with E-state index in [0.29, 0.717) is 61.5 Å². The molecule has 2 aromatic rings. The van der Waals surface area contributed by atoms with E-state index in [1.165, 1.54) is 0 Å². The van der Waals surface area contributed by atoms with Crippen LogP contribution in [0.2, 0.25) is 0 Å². The Morgan fingerprint density at radius 3 is 2.15 bits per heavy atom. The number of benzene rings is 2. The molecule has 0 atom stereocenters. The van der Waals surface area contributed by atoms with Crippen LogP contribution >= 0.6 is 15.9 Å². The van der Waals surface area contributed by atoms with E-state index in [1.807, 2.05) is 54.3 Å². The predicted octanol–water partition coefficient (Wildman–Crippen LogP) is 6.31. The molecule has 0 saturated carbocycles. The van der Waals surface area contributed by atoms with Gasteiger partial charge in [-0.05, 0) is 68.0 Å². The molecule has 0 unspecified atom stereocenters. The van der Waals surface area contributed by atoms with E-state index in [0.717, 1.165) is 39.8 Å². The summed E-state index contributed by atoms with van der Waals surface area (Å²) >= 11 is 3.45. The summed E-state index contributed by atoms with van der Waals surface area (Å²) in [7, 11) is 0. The molecule has 1 aliphatic heterocycles. The first kappa shape index (κ1) is 27.2. The first-order valence-electron chi connectivity index (χ1n) is 13.5. The Kier molecular flexibility index (Phi) is 8.21. The van der Waals surface area contributed by atoms with E-state index in [9.17, 15) is 19.5 Å². The molecule has 0 spiro atoms. The van der Waals surface area contributed by atoms with E-state index in [2.05, 4.69) is 15.9 Å². The summed E-state index contributed by atoms with van der Waals surface area (Å²) < 4.78 is 13.1. The summed E-state index contributed by atoms with van der Waals surface area (Å²) in [4.78, 5) is 40.3. The second kappa shape index (κ2) is 11.8. The van der Waals surface area contributed by atoms with Gasteiger partial charge in [-0.1, -0.05) is 34.1 Å². The van der Waals surface area contributed by atoms with Crippen LogP contribution in [0.5, 0.6) is 11.5 Å². The number of ketones is 2. The summed E-state index contributed by atoms with van der Waals surface area (Å²) in [5.74, 6) is -0.172. The molecule has 0 fully saturated rings. The van der Waals surface area contributed by atoms with Crippen molar-refractivity contribution < 1.29 is 29.0 Å². The van der Waals surface area contributed by atoms with Crippen LogP contribution < -0.4 is 9.47 Å². The van der Waals surface area contributed by atoms with Crippen LogP contribution in [-0.4, -0.2) is 40.7 Å². The van der Waals surface area contributed by atoms with Crippen molar-refractivity contribution in [3.63, 3.8) is 0 Å². The van der Waals surface area contributed by atoms with Gasteiger partial charge in [0.15, 0.2) is 23.1 Å². The fourth-order valence-corrected chi connectivity index (χ4v) is 6.12. The van der Waals surface area contributed by atoms with Crippen molar-refractivity contribution >= 4 is 33.5 Å². The Balaban J connectivity index is 1.56. The number of carbonyl (C=O) groups excluding carboxylic acids is 2. The number of hydrogen-bond acceptors (Lipinski definition) is 6. The summed E-state index contributed by atoms with van der Waals surface area (Å²) in [6, 6.07) is 13.6. The predicted molar refractivity (Wildman–Crippen MR) is 150 cm³/mol. The second-order valence-electron chi connectivity index (χ2n) is 10.1. The Hall–Kier alpha value is -3.39. The minimum atomic E-state index is -0.897. The van der Waals surface area contributed by atoms with Crippen molar-refractivity contribution in [2.24, 2.45) is 0 Å². The molecule has 39 heavy (non-hydrogen) atoms. The highest BCUT2D eigenvalue weighted by atomic mass is 79.9. The summed E-state index contributed by atoms with van der Waals surface area (Å²) in [6.07, 6.45) is 3.61. The molecule has 3 aliphatic rings. The minimum Gasteiger partial charge on any atom is -0.490 e. The number of nitrogens with zero attached hydrogens (tertiary/aromatic N) is 1. The lowest BCUT2D eigenvalue weighted by molar-refractivity contribution is -0.137. The third-order valence-corrected chi connectivity index (χ3v) is 8.07. The standard InChI is InChI=1S/C31H32BrNO6/c1-2-38-27-17-20(11-14-26(27)39-18-19-9-12-21(32)13-10-19)29-30-22(5-3-7-24(30)34)33(16-15-28(36)37)23-6-4-8-25(35)31(23)29/h9-14,17,29H,2-8,15-16,18H2,1H3,(H,36,37). The number of aliphatic carboxylic acids is 1. The zero-order chi connectivity index (χ0) is 27.5. The Morgan fingerprint density at radius 2 is 1.56 bits per heavy atom. The van der Waals surface area contributed by atoms with Crippen LogP contribution in [0.4, 0.5) is 0 Å². The van der Waals surface area contributed by atoms with Crippen LogP contribution in [0, 0.1) is 0 Å². The normalized spacial score (nSPS) is 17.7. The number of carbonyl (C=O) groups is 3. The lowest BCUT2D eigenvalue weighted by Gasteiger charge is -2.44. The zero-order valence-corrected chi connectivity index (χ0v) is 23.6. The monoisotopic (exact) mass is 593 g/mol. The maximum atomic E-state index is 13.4. The van der Waals surface area contributed by atoms with Crippen molar-refractivity contribution in [3.8, 4) is 11.5 Å². The SMILES string of the molecule is CCOc1cc(C2C3=C(CCCC3=O)N(CCC(=O)O)C3=C2C(=O)CCC3)ccc1OCc1ccc(Br)cc1. The first-order valence-corrected chi connectivity index (χ1v) is 14.3. The summed E-state index contributed by atoms with van der Waals surface area (Å²) in [5.41, 5.74) is 4.85. The van der Waals surface area contributed by atoms with Crippen molar-refractivity contribution in [2.75, 3.05) is 13.2 Å². The van der Waals surface area contributed by atoms with Crippen LogP contribution in [0.1, 0.15) is 68.9 Å². The molecule has 0 saturated heterocycles. The number of halogens is 1. The molecule has 0 amide bonds. The maximum Gasteiger partial charge on any atom is 0.305 e. The van der Waals surface area contributed by atoms with Crippen LogP contribution in [0.3, 0.4) is 0 Å². The van der Waals surface area contributed by atoms with E-state index >= 15 is 0 Å². The van der Waals surface area contributed by atoms with Crippen molar-refractivity contribution in [2.45, 2.75) is 64.4 Å². The average Bonchev–Trinajstić information content (AvgIpc) is 2.92. The highest BCUT2D eigenvalue weighted by Crippen LogP contribution is 2.50. The third-order valence-electron chi connectivity index (χ3n) is 7.54. The quantitative estimate of drug-likeness (QED) is 0.364. The van der Waals surface area contributed by atoms with Crippen molar-refractivity contribution in [1.82, 2.24) is 4.90 Å². The van der Waals surface area contributed by atoms with Gasteiger partial charge in [-0.2, -0.15) is 0 Å². The van der Waals surface area contributed by atoms with Crippen LogP contribution in [0.25, 0.3) is 0 Å². The molecule has 0 radical (unpaired) electrons. The van der Waals surface area contributed by atoms with Gasteiger partial charge in [-0.15, -0.1) is 0 Å². The fraction of sp³-hybridized carbons (Fsp3) is 0.387. The topological polar surface area (TPSA) is 93.1 Å². The molecule has 7 nitrogen and oxygen atoms in total. The molecule has 204 valence electrons. The molecule has 5 rings (SSSR count). The summed E-state index contributed by atoms with van der Waals surface area (Å²) in [5, 5.41) is 9.39. The van der Waals surface area contributed by atoms with Crippen LogP contribution in [-0.2, 0) is 21.0 Å². The third kappa shape index (κ3) is 5.66. The second-order valence-corrected chi connectivity index (χ2v) is 11.0. The van der Waals surface area contributed by atoms with Crippen molar-refractivity contribution in [3.05, 3.63) is 80.6 Å². The van der Waals surface area contributed by atoms with Crippen molar-refractivity contribution in [1.29, 1.82) is 0 Å². The lowest BCUT2D eigenvalue weighted by Crippen LogP contribution is -2.39. The van der Waals surface area contributed by atoms with Gasteiger partial charge in [0, 0.05) is 52.3 Å². The lowest BCUT2D eigenvalue weighted by atomic mass is 9.71. The molecular formula is C31H32BrNO6. The maximum absolute atomic E-state index is 13.4. The molecule has 1 heterocycles. The number of hydrogen-bond donors (Lipinski definition) is 1. The van der Waals surface area contributed by atoms with Gasteiger partial charge >= 0.3 is 5.97 Å². The Morgan fingerprint density at radius 1 is 0.923 bits per heavy atom. The molecule has 8 heteroatoms. The molecule has 1 N–H and O–H groups in total. The van der Waals surface area contributed by atoms with Gasteiger partial charge < -0.3 is 19.5 Å². The van der Waals surface area contributed by atoms with Gasteiger partial charge in [-0.25, -0.2) is 0 Å². The van der Waals surface area contributed by atoms with Gasteiger partial charge in [0.1, 0.15) is 6.61 Å². The molecular weight excluding hydrogens is 562 g/mol. The Bertz CT molecular complexity index is 1320. The van der Waals surface area contributed by atoms with E-state index in [4.69, 9.17) is 9.47 Å². The van der Waals surface area contributed by atoms with E-state index in [-0.39, 0.29) is 24.5 Å². The number of Topliss-reactive ketones (excluding diaryl/α,β-unsaturated/α-hetero) is 2. The highest BCUT2D eigenvalue weighted by molar-refractivity contribution is 9.10. The van der Waals surface area contributed by atoms with Gasteiger partial charge in [0.25, 0.3) is 0 Å². The van der Waals surface area contributed by atoms with E-state index < -0.39 is 11.9 Å². The van der Waals surface area contributed by atoms with Gasteiger partial charge in [0.2, 0.25) is 0 Å². The number of rotatable bonds is 9. The average molecular weight is 595 g/mol. The number of carboxylic acid groups (broad SMARTS) is 1. The van der Waals surface area contributed by atoms with E-state index in [1.54, 1.807) is 0 Å². The number of carboxylic acids is 1. The number of allylic oxidation sites excluding steroid dienone is 4. The first-order chi connectivity index (χ1) is 18.9.